The molecule has 0 aliphatic carbocycles. The van der Waals surface area contributed by atoms with Crippen molar-refractivity contribution < 1.29 is 23.4 Å². The SMILES string of the molecule is COCCOCC[N+]1(CCOCCOC)CCCC1. The fourth-order valence-electron chi connectivity index (χ4n) is 2.57. The van der Waals surface area contributed by atoms with Gasteiger partial charge in [0.2, 0.25) is 0 Å². The molecular weight excluding hydrogens is 246 g/mol. The van der Waals surface area contributed by atoms with Crippen LogP contribution in [0.1, 0.15) is 12.8 Å². The van der Waals surface area contributed by atoms with E-state index in [1.165, 1.54) is 25.9 Å². The Morgan fingerprint density at radius 1 is 0.684 bits per heavy atom. The third-order valence-corrected chi connectivity index (χ3v) is 3.80. The van der Waals surface area contributed by atoms with E-state index in [2.05, 4.69) is 0 Å². The molecule has 0 unspecified atom stereocenters. The minimum atomic E-state index is 0.681. The summed E-state index contributed by atoms with van der Waals surface area (Å²) in [5.41, 5.74) is 0. The molecule has 0 radical (unpaired) electrons. The zero-order valence-corrected chi connectivity index (χ0v) is 12.6. The molecule has 0 aromatic heterocycles. The molecule has 1 fully saturated rings. The number of hydrogen-bond acceptors (Lipinski definition) is 4. The van der Waals surface area contributed by atoms with Gasteiger partial charge in [0.05, 0.1) is 52.7 Å². The van der Waals surface area contributed by atoms with Crippen LogP contribution in [0.15, 0.2) is 0 Å². The van der Waals surface area contributed by atoms with Gasteiger partial charge in [0.15, 0.2) is 0 Å². The predicted octanol–water partition coefficient (Wildman–Crippen LogP) is 0.923. The van der Waals surface area contributed by atoms with Crippen LogP contribution in [-0.2, 0) is 18.9 Å². The van der Waals surface area contributed by atoms with Crippen LogP contribution in [0, 0.1) is 0 Å². The van der Waals surface area contributed by atoms with E-state index in [1.54, 1.807) is 14.2 Å². The Hall–Kier alpha value is -0.200. The van der Waals surface area contributed by atoms with Crippen molar-refractivity contribution in [2.45, 2.75) is 12.8 Å². The second kappa shape index (κ2) is 10.6. The highest BCUT2D eigenvalue weighted by Gasteiger charge is 2.31. The van der Waals surface area contributed by atoms with E-state index in [-0.39, 0.29) is 0 Å². The summed E-state index contributed by atoms with van der Waals surface area (Å²) in [7, 11) is 3.41. The highest BCUT2D eigenvalue weighted by molar-refractivity contribution is 4.55. The molecular formula is C14H30NO4+. The first kappa shape index (κ1) is 16.9. The van der Waals surface area contributed by atoms with Crippen molar-refractivity contribution in [1.29, 1.82) is 0 Å². The van der Waals surface area contributed by atoms with Crippen LogP contribution in [0.25, 0.3) is 0 Å². The number of quaternary nitrogens is 1. The Balaban J connectivity index is 2.14. The van der Waals surface area contributed by atoms with Crippen molar-refractivity contribution in [3.05, 3.63) is 0 Å². The molecule has 1 rings (SSSR count). The van der Waals surface area contributed by atoms with E-state index in [4.69, 9.17) is 18.9 Å². The molecule has 0 N–H and O–H groups in total. The maximum atomic E-state index is 5.60. The summed E-state index contributed by atoms with van der Waals surface area (Å²) in [5, 5.41) is 0. The first-order valence-corrected chi connectivity index (χ1v) is 7.31. The first-order chi connectivity index (χ1) is 9.33. The van der Waals surface area contributed by atoms with Gasteiger partial charge in [0, 0.05) is 27.1 Å². The molecule has 1 aliphatic rings. The fraction of sp³-hybridized carbons (Fsp3) is 1.00. The zero-order valence-electron chi connectivity index (χ0n) is 12.6. The zero-order chi connectivity index (χ0) is 13.8. The number of nitrogens with zero attached hydrogens (tertiary/aromatic N) is 1. The Kier molecular flexibility index (Phi) is 9.38. The van der Waals surface area contributed by atoms with Crippen molar-refractivity contribution in [2.24, 2.45) is 0 Å². The van der Waals surface area contributed by atoms with Crippen LogP contribution < -0.4 is 0 Å². The second-order valence-corrected chi connectivity index (χ2v) is 5.15. The lowest BCUT2D eigenvalue weighted by Crippen LogP contribution is -2.49. The first-order valence-electron chi connectivity index (χ1n) is 7.31. The molecule has 5 heteroatoms. The molecule has 114 valence electrons. The normalized spacial score (nSPS) is 18.0. The second-order valence-electron chi connectivity index (χ2n) is 5.15. The van der Waals surface area contributed by atoms with Gasteiger partial charge < -0.3 is 23.4 Å². The van der Waals surface area contributed by atoms with Gasteiger partial charge >= 0.3 is 0 Å². The minimum absolute atomic E-state index is 0.681. The molecule has 0 saturated carbocycles. The summed E-state index contributed by atoms with van der Waals surface area (Å²) in [6, 6.07) is 0. The number of rotatable bonds is 12. The van der Waals surface area contributed by atoms with E-state index >= 15 is 0 Å². The van der Waals surface area contributed by atoms with Crippen molar-refractivity contribution in [3.63, 3.8) is 0 Å². The fourth-order valence-corrected chi connectivity index (χ4v) is 2.57. The molecule has 0 aromatic rings. The molecule has 5 nitrogen and oxygen atoms in total. The quantitative estimate of drug-likeness (QED) is 0.392. The minimum Gasteiger partial charge on any atom is -0.382 e. The van der Waals surface area contributed by atoms with Gasteiger partial charge in [-0.1, -0.05) is 0 Å². The summed E-state index contributed by atoms with van der Waals surface area (Å²) < 4.78 is 22.3. The smallest absolute Gasteiger partial charge is 0.102 e. The molecule has 0 amide bonds. The standard InChI is InChI=1S/C14H30NO4/c1-16-11-13-18-9-7-15(5-3-4-6-15)8-10-19-14-12-17-2/h3-14H2,1-2H3/q+1. The molecule has 1 aliphatic heterocycles. The van der Waals surface area contributed by atoms with Crippen LogP contribution >= 0.6 is 0 Å². The van der Waals surface area contributed by atoms with Crippen LogP contribution in [0.2, 0.25) is 0 Å². The van der Waals surface area contributed by atoms with E-state index in [0.29, 0.717) is 26.4 Å². The predicted molar refractivity (Wildman–Crippen MR) is 74.4 cm³/mol. The van der Waals surface area contributed by atoms with Gasteiger partial charge in [-0.2, -0.15) is 0 Å². The monoisotopic (exact) mass is 276 g/mol. The molecule has 19 heavy (non-hydrogen) atoms. The van der Waals surface area contributed by atoms with Crippen LogP contribution in [0.3, 0.4) is 0 Å². The van der Waals surface area contributed by atoms with Gasteiger partial charge in [0.1, 0.15) is 13.1 Å². The maximum absolute atomic E-state index is 5.60. The Morgan fingerprint density at radius 2 is 1.16 bits per heavy atom. The summed E-state index contributed by atoms with van der Waals surface area (Å²) in [6.45, 7) is 9.11. The van der Waals surface area contributed by atoms with Crippen LogP contribution in [0.4, 0.5) is 0 Å². The third-order valence-electron chi connectivity index (χ3n) is 3.80. The van der Waals surface area contributed by atoms with E-state index < -0.39 is 0 Å². The van der Waals surface area contributed by atoms with Crippen molar-refractivity contribution in [1.82, 2.24) is 0 Å². The summed E-state index contributed by atoms with van der Waals surface area (Å²) in [5.74, 6) is 0. The molecule has 1 heterocycles. The van der Waals surface area contributed by atoms with E-state index in [0.717, 1.165) is 30.8 Å². The maximum Gasteiger partial charge on any atom is 0.102 e. The topological polar surface area (TPSA) is 36.9 Å². The van der Waals surface area contributed by atoms with Crippen molar-refractivity contribution in [2.75, 3.05) is 80.0 Å². The number of ether oxygens (including phenoxy) is 4. The third kappa shape index (κ3) is 7.22. The molecule has 1 saturated heterocycles. The summed E-state index contributed by atoms with van der Waals surface area (Å²) in [6.07, 6.45) is 2.66. The lowest BCUT2D eigenvalue weighted by Gasteiger charge is -2.34. The van der Waals surface area contributed by atoms with Gasteiger partial charge in [0.25, 0.3) is 0 Å². The van der Waals surface area contributed by atoms with Crippen molar-refractivity contribution >= 4 is 0 Å². The van der Waals surface area contributed by atoms with E-state index in [9.17, 15) is 0 Å². The molecule has 0 bridgehead atoms. The van der Waals surface area contributed by atoms with Crippen LogP contribution in [-0.4, -0.2) is 84.5 Å². The van der Waals surface area contributed by atoms with Gasteiger partial charge in [-0.25, -0.2) is 0 Å². The van der Waals surface area contributed by atoms with E-state index in [1.807, 2.05) is 0 Å². The number of hydrogen-bond donors (Lipinski definition) is 0. The Bertz CT molecular complexity index is 192. The lowest BCUT2D eigenvalue weighted by atomic mass is 10.4. The number of methoxy groups -OCH3 is 2. The Morgan fingerprint density at radius 3 is 1.58 bits per heavy atom. The van der Waals surface area contributed by atoms with Gasteiger partial charge in [-0.3, -0.25) is 0 Å². The van der Waals surface area contributed by atoms with Gasteiger partial charge in [-0.15, -0.1) is 0 Å². The highest BCUT2D eigenvalue weighted by atomic mass is 16.5. The van der Waals surface area contributed by atoms with Gasteiger partial charge in [-0.05, 0) is 0 Å². The molecule has 0 atom stereocenters. The highest BCUT2D eigenvalue weighted by Crippen LogP contribution is 2.18. The molecule has 0 aromatic carbocycles. The average Bonchev–Trinajstić information content (AvgIpc) is 2.88. The average molecular weight is 276 g/mol. The summed E-state index contributed by atoms with van der Waals surface area (Å²) >= 11 is 0. The summed E-state index contributed by atoms with van der Waals surface area (Å²) in [4.78, 5) is 0. The number of likely N-dealkylation sites (tertiary alicyclic amines) is 1. The molecule has 0 spiro atoms. The Labute approximate surface area is 117 Å². The lowest BCUT2D eigenvalue weighted by molar-refractivity contribution is -0.917. The van der Waals surface area contributed by atoms with Crippen LogP contribution in [0.5, 0.6) is 0 Å². The van der Waals surface area contributed by atoms with Crippen molar-refractivity contribution in [3.8, 4) is 0 Å². The largest absolute Gasteiger partial charge is 0.382 e.